The fraction of sp³-hybridized carbons (Fsp3) is 0.625. The fourth-order valence-corrected chi connectivity index (χ4v) is 5.87. The molecule has 4 aliphatic rings. The molecule has 20 heavy (non-hydrogen) atoms. The van der Waals surface area contributed by atoms with Crippen LogP contribution in [0.4, 0.5) is 0 Å². The lowest BCUT2D eigenvalue weighted by Gasteiger charge is -2.56. The van der Waals surface area contributed by atoms with Gasteiger partial charge in [-0.3, -0.25) is 4.79 Å². The highest BCUT2D eigenvalue weighted by atomic mass is 32.1. The number of nitrogens with one attached hydrogen (secondary N) is 1. The SMILES string of the molecule is N#Cc1ccsc1C(=O)NC12CC3CC(CC(C3)C1)C2. The monoisotopic (exact) mass is 286 g/mol. The van der Waals surface area contributed by atoms with Gasteiger partial charge >= 0.3 is 0 Å². The average molecular weight is 286 g/mol. The van der Waals surface area contributed by atoms with E-state index in [0.717, 1.165) is 37.0 Å². The zero-order valence-electron chi connectivity index (χ0n) is 11.4. The predicted molar refractivity (Wildman–Crippen MR) is 77.4 cm³/mol. The van der Waals surface area contributed by atoms with Gasteiger partial charge in [0.2, 0.25) is 0 Å². The van der Waals surface area contributed by atoms with Gasteiger partial charge in [-0.25, -0.2) is 0 Å². The van der Waals surface area contributed by atoms with Gasteiger partial charge in [0.25, 0.3) is 5.91 Å². The molecule has 4 aliphatic carbocycles. The summed E-state index contributed by atoms with van der Waals surface area (Å²) in [6, 6.07) is 3.85. The summed E-state index contributed by atoms with van der Waals surface area (Å²) >= 11 is 1.38. The van der Waals surface area contributed by atoms with Gasteiger partial charge < -0.3 is 5.32 Å². The van der Waals surface area contributed by atoms with Crippen molar-refractivity contribution in [3.05, 3.63) is 21.9 Å². The van der Waals surface area contributed by atoms with Crippen molar-refractivity contribution in [1.82, 2.24) is 5.32 Å². The number of hydrogen-bond acceptors (Lipinski definition) is 3. The Bertz CT molecular complexity index is 563. The molecule has 0 aliphatic heterocycles. The second-order valence-electron chi connectivity index (χ2n) is 6.93. The van der Waals surface area contributed by atoms with Crippen LogP contribution in [-0.4, -0.2) is 11.4 Å². The zero-order chi connectivity index (χ0) is 13.7. The molecule has 0 saturated heterocycles. The summed E-state index contributed by atoms with van der Waals surface area (Å²) in [5.41, 5.74) is 0.542. The van der Waals surface area contributed by atoms with Crippen LogP contribution in [0.1, 0.15) is 53.8 Å². The van der Waals surface area contributed by atoms with Gasteiger partial charge in [0.15, 0.2) is 0 Å². The van der Waals surface area contributed by atoms with E-state index < -0.39 is 0 Å². The maximum absolute atomic E-state index is 12.5. The number of amides is 1. The lowest BCUT2D eigenvalue weighted by molar-refractivity contribution is -0.0166. The maximum Gasteiger partial charge on any atom is 0.263 e. The zero-order valence-corrected chi connectivity index (χ0v) is 12.2. The molecule has 104 valence electrons. The van der Waals surface area contributed by atoms with Crippen molar-refractivity contribution in [1.29, 1.82) is 5.26 Å². The average Bonchev–Trinajstić information content (AvgIpc) is 2.84. The largest absolute Gasteiger partial charge is 0.346 e. The molecule has 4 heteroatoms. The van der Waals surface area contributed by atoms with Crippen LogP contribution in [0.25, 0.3) is 0 Å². The van der Waals surface area contributed by atoms with Gasteiger partial charge in [0, 0.05) is 5.54 Å². The van der Waals surface area contributed by atoms with Gasteiger partial charge in [-0.05, 0) is 67.7 Å². The van der Waals surface area contributed by atoms with Crippen LogP contribution in [-0.2, 0) is 0 Å². The first-order valence-electron chi connectivity index (χ1n) is 7.47. The minimum atomic E-state index is -0.0292. The first-order valence-corrected chi connectivity index (χ1v) is 8.35. The first kappa shape index (κ1) is 12.4. The van der Waals surface area contributed by atoms with E-state index in [1.807, 2.05) is 5.38 Å². The summed E-state index contributed by atoms with van der Waals surface area (Å²) in [6.07, 6.45) is 7.57. The summed E-state index contributed by atoms with van der Waals surface area (Å²) in [7, 11) is 0. The molecule has 4 bridgehead atoms. The number of nitrogens with zero attached hydrogens (tertiary/aromatic N) is 1. The van der Waals surface area contributed by atoms with E-state index in [9.17, 15) is 4.79 Å². The fourth-order valence-electron chi connectivity index (χ4n) is 5.13. The van der Waals surface area contributed by atoms with Crippen molar-refractivity contribution in [3.63, 3.8) is 0 Å². The van der Waals surface area contributed by atoms with Crippen LogP contribution >= 0.6 is 11.3 Å². The Hall–Kier alpha value is -1.34. The molecule has 0 spiro atoms. The number of nitriles is 1. The van der Waals surface area contributed by atoms with Crippen LogP contribution in [0, 0.1) is 29.1 Å². The molecule has 1 amide bonds. The molecule has 0 unspecified atom stereocenters. The van der Waals surface area contributed by atoms with E-state index in [1.54, 1.807) is 6.07 Å². The molecule has 0 atom stereocenters. The molecule has 0 radical (unpaired) electrons. The molecule has 1 heterocycles. The summed E-state index contributed by atoms with van der Waals surface area (Å²) in [6.45, 7) is 0. The van der Waals surface area contributed by atoms with Gasteiger partial charge in [0.05, 0.1) is 5.56 Å². The topological polar surface area (TPSA) is 52.9 Å². The van der Waals surface area contributed by atoms with Gasteiger partial charge in [-0.15, -0.1) is 11.3 Å². The summed E-state index contributed by atoms with van der Waals surface area (Å²) in [4.78, 5) is 13.1. The Morgan fingerprint density at radius 3 is 2.40 bits per heavy atom. The summed E-state index contributed by atoms with van der Waals surface area (Å²) in [5, 5.41) is 14.2. The van der Waals surface area contributed by atoms with Crippen molar-refractivity contribution >= 4 is 17.2 Å². The van der Waals surface area contributed by atoms with E-state index in [1.165, 1.54) is 30.6 Å². The Morgan fingerprint density at radius 2 is 1.85 bits per heavy atom. The van der Waals surface area contributed by atoms with Crippen molar-refractivity contribution in [3.8, 4) is 6.07 Å². The maximum atomic E-state index is 12.5. The Morgan fingerprint density at radius 1 is 1.25 bits per heavy atom. The third kappa shape index (κ3) is 1.88. The molecule has 4 saturated carbocycles. The highest BCUT2D eigenvalue weighted by Gasteiger charge is 2.51. The van der Waals surface area contributed by atoms with Crippen LogP contribution in [0.3, 0.4) is 0 Å². The highest BCUT2D eigenvalue weighted by molar-refractivity contribution is 7.12. The van der Waals surface area contributed by atoms with E-state index in [-0.39, 0.29) is 11.4 Å². The first-order chi connectivity index (χ1) is 9.67. The molecule has 0 aromatic carbocycles. The molecule has 1 aromatic heterocycles. The van der Waals surface area contributed by atoms with Crippen molar-refractivity contribution in [2.75, 3.05) is 0 Å². The van der Waals surface area contributed by atoms with Gasteiger partial charge in [-0.2, -0.15) is 5.26 Å². The third-order valence-electron chi connectivity index (χ3n) is 5.41. The van der Waals surface area contributed by atoms with Gasteiger partial charge in [-0.1, -0.05) is 0 Å². The Kier molecular flexibility index (Phi) is 2.68. The number of hydrogen-bond donors (Lipinski definition) is 1. The molecule has 3 nitrogen and oxygen atoms in total. The lowest BCUT2D eigenvalue weighted by Crippen LogP contribution is -2.59. The molecule has 1 N–H and O–H groups in total. The van der Waals surface area contributed by atoms with E-state index >= 15 is 0 Å². The number of rotatable bonds is 2. The van der Waals surface area contributed by atoms with E-state index in [0.29, 0.717) is 10.4 Å². The molecular formula is C16H18N2OS. The number of thiophene rings is 1. The summed E-state index contributed by atoms with van der Waals surface area (Å²) in [5.74, 6) is 2.43. The van der Waals surface area contributed by atoms with Gasteiger partial charge in [0.1, 0.15) is 10.9 Å². The lowest BCUT2D eigenvalue weighted by atomic mass is 9.53. The molecule has 1 aromatic rings. The summed E-state index contributed by atoms with van der Waals surface area (Å²) < 4.78 is 0. The smallest absolute Gasteiger partial charge is 0.263 e. The number of carbonyl (C=O) groups is 1. The number of carbonyl (C=O) groups excluding carboxylic acids is 1. The van der Waals surface area contributed by atoms with Crippen LogP contribution in [0.15, 0.2) is 11.4 Å². The standard InChI is InChI=1S/C16H18N2OS/c17-9-13-1-2-20-14(13)15(19)18-16-6-10-3-11(7-16)5-12(4-10)8-16/h1-2,10-12H,3-8H2,(H,18,19). The minimum absolute atomic E-state index is 0.0292. The highest BCUT2D eigenvalue weighted by Crippen LogP contribution is 2.55. The Labute approximate surface area is 123 Å². The van der Waals surface area contributed by atoms with Crippen molar-refractivity contribution in [2.45, 2.75) is 44.1 Å². The molecule has 5 rings (SSSR count). The normalized spacial score (nSPS) is 37.6. The Balaban J connectivity index is 1.57. The van der Waals surface area contributed by atoms with Crippen LogP contribution in [0.5, 0.6) is 0 Å². The third-order valence-corrected chi connectivity index (χ3v) is 6.32. The second kappa shape index (κ2) is 4.33. The van der Waals surface area contributed by atoms with Crippen molar-refractivity contribution < 1.29 is 4.79 Å². The quantitative estimate of drug-likeness (QED) is 0.906. The molecule has 4 fully saturated rings. The minimum Gasteiger partial charge on any atom is -0.346 e. The second-order valence-corrected chi connectivity index (χ2v) is 7.84. The van der Waals surface area contributed by atoms with E-state index in [2.05, 4.69) is 11.4 Å². The molecular weight excluding hydrogens is 268 g/mol. The van der Waals surface area contributed by atoms with E-state index in [4.69, 9.17) is 5.26 Å². The predicted octanol–water partition coefficient (Wildman–Crippen LogP) is 3.32. The van der Waals surface area contributed by atoms with Crippen LogP contribution < -0.4 is 5.32 Å². The van der Waals surface area contributed by atoms with Crippen molar-refractivity contribution in [2.24, 2.45) is 17.8 Å². The van der Waals surface area contributed by atoms with Crippen LogP contribution in [0.2, 0.25) is 0 Å².